The number of aromatic carboxylic acids is 1. The van der Waals surface area contributed by atoms with Crippen LogP contribution in [0.15, 0.2) is 17.1 Å². The Labute approximate surface area is 190 Å². The Morgan fingerprint density at radius 3 is 2.53 bits per heavy atom. The second kappa shape index (κ2) is 8.40. The lowest BCUT2D eigenvalue weighted by atomic mass is 10.1. The zero-order chi connectivity index (χ0) is 24.3. The smallest absolute Gasteiger partial charge is 0.387 e. The number of carboxylic acid groups (broad SMARTS) is 1. The molecule has 2 aromatic rings. The van der Waals surface area contributed by atoms with Crippen molar-refractivity contribution in [3.8, 4) is 5.75 Å². The van der Waals surface area contributed by atoms with E-state index in [-0.39, 0.29) is 25.0 Å². The summed E-state index contributed by atoms with van der Waals surface area (Å²) in [5.41, 5.74) is -2.67. The number of benzene rings is 1. The summed E-state index contributed by atoms with van der Waals surface area (Å²) in [6, 6.07) is 0.122. The molecule has 0 spiro atoms. The summed E-state index contributed by atoms with van der Waals surface area (Å²) in [5, 5.41) is 12.0. The Morgan fingerprint density at radius 1 is 1.24 bits per heavy atom. The van der Waals surface area contributed by atoms with E-state index in [1.54, 1.807) is 0 Å². The van der Waals surface area contributed by atoms with Gasteiger partial charge in [-0.15, -0.1) is 0 Å². The molecule has 7 nitrogen and oxygen atoms in total. The van der Waals surface area contributed by atoms with Crippen LogP contribution in [0.5, 0.6) is 5.75 Å². The number of alkyl halides is 4. The van der Waals surface area contributed by atoms with Gasteiger partial charge in [-0.05, 0) is 18.9 Å². The van der Waals surface area contributed by atoms with Crippen molar-refractivity contribution in [1.82, 2.24) is 9.88 Å². The average molecular weight is 487 g/mol. The lowest BCUT2D eigenvalue weighted by molar-refractivity contribution is -0.0488. The van der Waals surface area contributed by atoms with E-state index < -0.39 is 70.5 Å². The zero-order valence-corrected chi connectivity index (χ0v) is 17.8. The lowest BCUT2D eigenvalue weighted by Gasteiger charge is -2.25. The van der Waals surface area contributed by atoms with E-state index in [2.05, 4.69) is 10.1 Å². The molecule has 0 bridgehead atoms. The SMILES string of the molecule is O=C(O)c1cn([C@@H]2C[C@@H]2F)c2c(OC(F)F)c(N3C[C@@H](CNC4CC4)[C@H](F)C3)c(F)cc2c1=O. The monoisotopic (exact) mass is 487 g/mol. The molecule has 12 heteroatoms. The highest BCUT2D eigenvalue weighted by molar-refractivity contribution is 5.97. The van der Waals surface area contributed by atoms with Gasteiger partial charge in [0.1, 0.15) is 23.6 Å². The van der Waals surface area contributed by atoms with E-state index in [0.29, 0.717) is 12.6 Å². The summed E-state index contributed by atoms with van der Waals surface area (Å²) >= 11 is 0. The van der Waals surface area contributed by atoms with Crippen LogP contribution in [0.2, 0.25) is 0 Å². The number of anilines is 1. The fraction of sp³-hybridized carbons (Fsp3) is 0.545. The van der Waals surface area contributed by atoms with Crippen molar-refractivity contribution in [2.24, 2.45) is 5.92 Å². The summed E-state index contributed by atoms with van der Waals surface area (Å²) in [6.45, 7) is -3.37. The third-order valence-corrected chi connectivity index (χ3v) is 6.60. The second-order valence-electron chi connectivity index (χ2n) is 9.08. The van der Waals surface area contributed by atoms with Gasteiger partial charge in [0.05, 0.1) is 16.9 Å². The molecule has 3 aliphatic rings. The number of halogens is 5. The van der Waals surface area contributed by atoms with Gasteiger partial charge in [0.15, 0.2) is 11.6 Å². The van der Waals surface area contributed by atoms with E-state index in [4.69, 9.17) is 0 Å². The first-order chi connectivity index (χ1) is 16.2. The van der Waals surface area contributed by atoms with Crippen molar-refractivity contribution >= 4 is 22.6 Å². The third kappa shape index (κ3) is 4.08. The molecule has 2 saturated carbocycles. The molecular weight excluding hydrogens is 465 g/mol. The third-order valence-electron chi connectivity index (χ3n) is 6.60. The summed E-state index contributed by atoms with van der Waals surface area (Å²) in [6.07, 6.45) is 0.0400. The number of carbonyl (C=O) groups is 1. The van der Waals surface area contributed by atoms with Crippen LogP contribution in [0.1, 0.15) is 35.7 Å². The second-order valence-corrected chi connectivity index (χ2v) is 9.08. The van der Waals surface area contributed by atoms with Crippen LogP contribution in [0.3, 0.4) is 0 Å². The predicted molar refractivity (Wildman–Crippen MR) is 112 cm³/mol. The van der Waals surface area contributed by atoms with Crippen LogP contribution < -0.4 is 20.4 Å². The lowest BCUT2D eigenvalue weighted by Crippen LogP contribution is -2.30. The molecule has 0 radical (unpaired) electrons. The Bertz CT molecular complexity index is 1200. The minimum atomic E-state index is -3.43. The number of fused-ring (bicyclic) bond motifs is 1. The number of pyridine rings is 1. The maximum absolute atomic E-state index is 15.3. The Balaban J connectivity index is 1.66. The number of aromatic nitrogens is 1. The molecule has 34 heavy (non-hydrogen) atoms. The number of carboxylic acids is 1. The maximum Gasteiger partial charge on any atom is 0.387 e. The maximum atomic E-state index is 15.3. The minimum absolute atomic E-state index is 0.00944. The van der Waals surface area contributed by atoms with Crippen LogP contribution >= 0.6 is 0 Å². The summed E-state index contributed by atoms with van der Waals surface area (Å²) in [7, 11) is 0. The molecule has 2 aliphatic carbocycles. The van der Waals surface area contributed by atoms with Crippen molar-refractivity contribution in [1.29, 1.82) is 0 Å². The number of hydrogen-bond donors (Lipinski definition) is 2. The summed E-state index contributed by atoms with van der Waals surface area (Å²) < 4.78 is 76.6. The number of nitrogens with one attached hydrogen (secondary N) is 1. The van der Waals surface area contributed by atoms with E-state index in [0.717, 1.165) is 29.7 Å². The standard InChI is InChI=1S/C22H22F5N3O4/c23-13-4-16(13)30-7-12(21(32)33)19(31)11-3-14(24)18(20(17(11)30)34-22(26)27)29-6-9(15(25)8-29)5-28-10-1-2-10/h3,7,9-10,13,15-16,22,28H,1-2,4-6,8H2,(H,32,33)/t9-,13+,15-,16-/m1/s1. The summed E-state index contributed by atoms with van der Waals surface area (Å²) in [4.78, 5) is 25.5. The van der Waals surface area contributed by atoms with Gasteiger partial charge in [-0.2, -0.15) is 8.78 Å². The highest BCUT2D eigenvalue weighted by atomic mass is 19.3. The Kier molecular flexibility index (Phi) is 5.65. The topological polar surface area (TPSA) is 83.8 Å². The predicted octanol–water partition coefficient (Wildman–Crippen LogP) is 3.25. The van der Waals surface area contributed by atoms with Gasteiger partial charge in [0.25, 0.3) is 0 Å². The van der Waals surface area contributed by atoms with Crippen LogP contribution in [0.25, 0.3) is 10.9 Å². The van der Waals surface area contributed by atoms with Gasteiger partial charge in [0, 0.05) is 44.2 Å². The normalized spacial score (nSPS) is 26.5. The number of hydrogen-bond acceptors (Lipinski definition) is 5. The Hall–Kier alpha value is -2.89. The van der Waals surface area contributed by atoms with Gasteiger partial charge in [-0.25, -0.2) is 18.0 Å². The van der Waals surface area contributed by atoms with Crippen LogP contribution in [0, 0.1) is 11.7 Å². The quantitative estimate of drug-likeness (QED) is 0.557. The highest BCUT2D eigenvalue weighted by Crippen LogP contribution is 2.46. The molecule has 2 heterocycles. The van der Waals surface area contributed by atoms with Crippen molar-refractivity contribution in [3.05, 3.63) is 33.9 Å². The molecule has 1 aromatic carbocycles. The molecule has 5 rings (SSSR count). The molecule has 1 aromatic heterocycles. The van der Waals surface area contributed by atoms with Gasteiger partial charge in [0.2, 0.25) is 5.43 Å². The van der Waals surface area contributed by atoms with E-state index in [9.17, 15) is 32.3 Å². The van der Waals surface area contributed by atoms with Crippen LogP contribution in [-0.2, 0) is 0 Å². The number of nitrogens with zero attached hydrogens (tertiary/aromatic N) is 2. The first kappa shape index (κ1) is 22.9. The van der Waals surface area contributed by atoms with Gasteiger partial charge >= 0.3 is 12.6 Å². The average Bonchev–Trinajstić information content (AvgIpc) is 3.67. The van der Waals surface area contributed by atoms with E-state index in [1.807, 2.05) is 0 Å². The van der Waals surface area contributed by atoms with Crippen molar-refractivity contribution < 1.29 is 36.6 Å². The summed E-state index contributed by atoms with van der Waals surface area (Å²) in [5.74, 6) is -4.01. The molecule has 1 saturated heterocycles. The largest absolute Gasteiger partial charge is 0.477 e. The van der Waals surface area contributed by atoms with Gasteiger partial charge in [-0.1, -0.05) is 0 Å². The number of ether oxygens (including phenoxy) is 1. The van der Waals surface area contributed by atoms with E-state index in [1.165, 1.54) is 4.90 Å². The van der Waals surface area contributed by atoms with Crippen molar-refractivity contribution in [2.45, 2.75) is 50.3 Å². The first-order valence-corrected chi connectivity index (χ1v) is 11.0. The van der Waals surface area contributed by atoms with Crippen molar-refractivity contribution in [3.63, 3.8) is 0 Å². The van der Waals surface area contributed by atoms with Gasteiger partial charge in [-0.3, -0.25) is 4.79 Å². The van der Waals surface area contributed by atoms with Crippen LogP contribution in [-0.4, -0.2) is 60.3 Å². The Morgan fingerprint density at radius 2 is 1.94 bits per heavy atom. The van der Waals surface area contributed by atoms with Crippen LogP contribution in [0.4, 0.5) is 27.6 Å². The molecule has 184 valence electrons. The zero-order valence-electron chi connectivity index (χ0n) is 17.8. The number of rotatable bonds is 8. The molecule has 3 fully saturated rings. The minimum Gasteiger partial charge on any atom is -0.477 e. The molecule has 0 amide bonds. The van der Waals surface area contributed by atoms with E-state index >= 15 is 4.39 Å². The molecular formula is C22H22F5N3O4. The molecule has 2 N–H and O–H groups in total. The fourth-order valence-electron chi connectivity index (χ4n) is 4.60. The molecule has 4 atom stereocenters. The highest BCUT2D eigenvalue weighted by Gasteiger charge is 2.42. The first-order valence-electron chi connectivity index (χ1n) is 11.0. The fourth-order valence-corrected chi connectivity index (χ4v) is 4.60. The molecule has 1 aliphatic heterocycles. The van der Waals surface area contributed by atoms with Gasteiger partial charge < -0.3 is 24.6 Å². The van der Waals surface area contributed by atoms with Crippen molar-refractivity contribution in [2.75, 3.05) is 24.5 Å². The molecule has 0 unspecified atom stereocenters.